The van der Waals surface area contributed by atoms with Crippen LogP contribution >= 0.6 is 0 Å². The molecule has 0 aliphatic carbocycles. The highest BCUT2D eigenvalue weighted by molar-refractivity contribution is 5.92. The van der Waals surface area contributed by atoms with E-state index in [1.807, 2.05) is 31.2 Å². The molecule has 1 N–H and O–H groups in total. The van der Waals surface area contributed by atoms with E-state index in [-0.39, 0.29) is 17.3 Å². The summed E-state index contributed by atoms with van der Waals surface area (Å²) in [7, 11) is 0. The number of nitrogens with zero attached hydrogens (tertiary/aromatic N) is 3. The monoisotopic (exact) mass is 380 g/mol. The topological polar surface area (TPSA) is 99.3 Å². The number of rotatable bonds is 8. The van der Waals surface area contributed by atoms with Crippen LogP contribution in [0.3, 0.4) is 0 Å². The third kappa shape index (κ3) is 4.73. The Morgan fingerprint density at radius 3 is 2.71 bits per heavy atom. The second-order valence-corrected chi connectivity index (χ2v) is 6.10. The Morgan fingerprint density at radius 1 is 1.21 bits per heavy atom. The molecule has 1 aromatic heterocycles. The van der Waals surface area contributed by atoms with Crippen LogP contribution < -0.4 is 10.1 Å². The van der Waals surface area contributed by atoms with Crippen molar-refractivity contribution in [2.45, 2.75) is 19.9 Å². The second kappa shape index (κ2) is 8.81. The van der Waals surface area contributed by atoms with Crippen molar-refractivity contribution < 1.29 is 14.5 Å². The summed E-state index contributed by atoms with van der Waals surface area (Å²) < 4.78 is 6.96. The SMILES string of the molecule is CCCOc1ccc(CNC(=O)c2ccn(-c3cccc([N+](=O)[O-])c3)n2)cc1. The first-order valence-corrected chi connectivity index (χ1v) is 8.87. The van der Waals surface area contributed by atoms with Crippen LogP contribution in [0, 0.1) is 10.1 Å². The number of aromatic nitrogens is 2. The Balaban J connectivity index is 1.61. The highest BCUT2D eigenvalue weighted by Crippen LogP contribution is 2.16. The van der Waals surface area contributed by atoms with Gasteiger partial charge in [0.2, 0.25) is 0 Å². The number of carbonyl (C=O) groups excluding carboxylic acids is 1. The molecule has 0 fully saturated rings. The van der Waals surface area contributed by atoms with Crippen LogP contribution in [0.5, 0.6) is 5.75 Å². The first kappa shape index (κ1) is 19.1. The summed E-state index contributed by atoms with van der Waals surface area (Å²) >= 11 is 0. The van der Waals surface area contributed by atoms with Crippen molar-refractivity contribution in [3.8, 4) is 11.4 Å². The molecule has 0 saturated carbocycles. The van der Waals surface area contributed by atoms with Gasteiger partial charge < -0.3 is 10.1 Å². The first-order chi connectivity index (χ1) is 13.6. The van der Waals surface area contributed by atoms with Gasteiger partial charge in [0.15, 0.2) is 5.69 Å². The average Bonchev–Trinajstić information content (AvgIpc) is 3.22. The molecular formula is C20H20N4O4. The van der Waals surface area contributed by atoms with E-state index in [2.05, 4.69) is 10.4 Å². The van der Waals surface area contributed by atoms with Gasteiger partial charge in [0.1, 0.15) is 5.75 Å². The molecular weight excluding hydrogens is 360 g/mol. The number of ether oxygens (including phenoxy) is 1. The molecule has 0 unspecified atom stereocenters. The minimum absolute atomic E-state index is 0.0367. The van der Waals surface area contributed by atoms with E-state index >= 15 is 0 Å². The van der Waals surface area contributed by atoms with E-state index in [0.29, 0.717) is 18.8 Å². The number of carbonyl (C=O) groups is 1. The zero-order valence-electron chi connectivity index (χ0n) is 15.4. The van der Waals surface area contributed by atoms with Gasteiger partial charge in [-0.3, -0.25) is 14.9 Å². The molecule has 2 aromatic carbocycles. The predicted octanol–water partition coefficient (Wildman–Crippen LogP) is 3.50. The number of hydrogen-bond acceptors (Lipinski definition) is 5. The quantitative estimate of drug-likeness (QED) is 0.476. The number of nitro groups is 1. The van der Waals surface area contributed by atoms with Gasteiger partial charge in [-0.2, -0.15) is 5.10 Å². The van der Waals surface area contributed by atoms with Gasteiger partial charge in [0, 0.05) is 24.9 Å². The van der Waals surface area contributed by atoms with E-state index in [0.717, 1.165) is 17.7 Å². The summed E-state index contributed by atoms with van der Waals surface area (Å²) in [5.74, 6) is 0.475. The highest BCUT2D eigenvalue weighted by Gasteiger charge is 2.12. The first-order valence-electron chi connectivity index (χ1n) is 8.87. The van der Waals surface area contributed by atoms with Crippen molar-refractivity contribution in [1.29, 1.82) is 0 Å². The fourth-order valence-electron chi connectivity index (χ4n) is 2.53. The van der Waals surface area contributed by atoms with Crippen molar-refractivity contribution in [2.75, 3.05) is 6.61 Å². The van der Waals surface area contributed by atoms with E-state index < -0.39 is 4.92 Å². The van der Waals surface area contributed by atoms with Gasteiger partial charge in [-0.05, 0) is 36.2 Å². The molecule has 1 amide bonds. The maximum absolute atomic E-state index is 12.3. The molecule has 0 saturated heterocycles. The van der Waals surface area contributed by atoms with Gasteiger partial charge >= 0.3 is 0 Å². The van der Waals surface area contributed by atoms with Crippen molar-refractivity contribution in [3.63, 3.8) is 0 Å². The molecule has 3 rings (SSSR count). The summed E-state index contributed by atoms with van der Waals surface area (Å²) in [6.45, 7) is 3.07. The van der Waals surface area contributed by atoms with E-state index in [1.165, 1.54) is 16.8 Å². The summed E-state index contributed by atoms with van der Waals surface area (Å²) in [4.78, 5) is 22.7. The third-order valence-electron chi connectivity index (χ3n) is 3.98. The van der Waals surface area contributed by atoms with Crippen LogP contribution in [0.25, 0.3) is 5.69 Å². The smallest absolute Gasteiger partial charge is 0.272 e. The largest absolute Gasteiger partial charge is 0.494 e. The van der Waals surface area contributed by atoms with Crippen LogP contribution in [-0.4, -0.2) is 27.2 Å². The molecule has 144 valence electrons. The lowest BCUT2D eigenvalue weighted by Gasteiger charge is -2.07. The normalized spacial score (nSPS) is 10.5. The zero-order chi connectivity index (χ0) is 19.9. The zero-order valence-corrected chi connectivity index (χ0v) is 15.4. The molecule has 0 spiro atoms. The van der Waals surface area contributed by atoms with Crippen molar-refractivity contribution in [1.82, 2.24) is 15.1 Å². The lowest BCUT2D eigenvalue weighted by Crippen LogP contribution is -2.23. The lowest BCUT2D eigenvalue weighted by atomic mass is 10.2. The van der Waals surface area contributed by atoms with Crippen LogP contribution in [0.2, 0.25) is 0 Å². The fourth-order valence-corrected chi connectivity index (χ4v) is 2.53. The van der Waals surface area contributed by atoms with Gasteiger partial charge in [-0.15, -0.1) is 0 Å². The molecule has 3 aromatic rings. The molecule has 0 aliphatic rings. The molecule has 0 aliphatic heterocycles. The van der Waals surface area contributed by atoms with Gasteiger partial charge in [-0.1, -0.05) is 25.1 Å². The highest BCUT2D eigenvalue weighted by atomic mass is 16.6. The van der Waals surface area contributed by atoms with Crippen molar-refractivity contribution in [3.05, 3.63) is 82.2 Å². The third-order valence-corrected chi connectivity index (χ3v) is 3.98. The number of amides is 1. The van der Waals surface area contributed by atoms with Crippen LogP contribution in [0.1, 0.15) is 29.4 Å². The van der Waals surface area contributed by atoms with Gasteiger partial charge in [-0.25, -0.2) is 4.68 Å². The van der Waals surface area contributed by atoms with Gasteiger partial charge in [0.05, 0.1) is 17.2 Å². The molecule has 0 bridgehead atoms. The van der Waals surface area contributed by atoms with E-state index in [1.54, 1.807) is 24.4 Å². The second-order valence-electron chi connectivity index (χ2n) is 6.10. The summed E-state index contributed by atoms with van der Waals surface area (Å²) in [5.41, 5.74) is 1.64. The summed E-state index contributed by atoms with van der Waals surface area (Å²) in [6, 6.07) is 15.2. The lowest BCUT2D eigenvalue weighted by molar-refractivity contribution is -0.384. The molecule has 0 radical (unpaired) electrons. The predicted molar refractivity (Wildman–Crippen MR) is 104 cm³/mol. The number of nitro benzene ring substituents is 1. The number of benzene rings is 2. The minimum Gasteiger partial charge on any atom is -0.494 e. The molecule has 8 heteroatoms. The molecule has 8 nitrogen and oxygen atoms in total. The van der Waals surface area contributed by atoms with E-state index in [4.69, 9.17) is 4.74 Å². The summed E-state index contributed by atoms with van der Waals surface area (Å²) in [6.07, 6.45) is 2.54. The number of non-ortho nitro benzene ring substituents is 1. The Labute approximate surface area is 161 Å². The van der Waals surface area contributed by atoms with Crippen molar-refractivity contribution in [2.24, 2.45) is 0 Å². The maximum Gasteiger partial charge on any atom is 0.272 e. The van der Waals surface area contributed by atoms with Crippen LogP contribution in [0.4, 0.5) is 5.69 Å². The van der Waals surface area contributed by atoms with Crippen LogP contribution in [0.15, 0.2) is 60.8 Å². The fraction of sp³-hybridized carbons (Fsp3) is 0.200. The number of hydrogen-bond donors (Lipinski definition) is 1. The Bertz CT molecular complexity index is 966. The van der Waals surface area contributed by atoms with Crippen molar-refractivity contribution >= 4 is 11.6 Å². The standard InChI is InChI=1S/C20H20N4O4/c1-2-12-28-18-8-6-15(7-9-18)14-21-20(25)19-10-11-23(22-19)16-4-3-5-17(13-16)24(26)27/h3-11,13H,2,12,14H2,1H3,(H,21,25). The maximum atomic E-state index is 12.3. The average molecular weight is 380 g/mol. The van der Waals surface area contributed by atoms with E-state index in [9.17, 15) is 14.9 Å². The Hall–Kier alpha value is -3.68. The molecule has 28 heavy (non-hydrogen) atoms. The molecule has 1 heterocycles. The minimum atomic E-state index is -0.473. The molecule has 0 atom stereocenters. The van der Waals surface area contributed by atoms with Gasteiger partial charge in [0.25, 0.3) is 11.6 Å². The summed E-state index contributed by atoms with van der Waals surface area (Å²) in [5, 5.41) is 17.9. The Kier molecular flexibility index (Phi) is 6.01. The number of nitrogens with one attached hydrogen (secondary N) is 1. The Morgan fingerprint density at radius 2 is 2.00 bits per heavy atom. The van der Waals surface area contributed by atoms with Crippen LogP contribution in [-0.2, 0) is 6.54 Å².